The zero-order chi connectivity index (χ0) is 17.8. The first-order chi connectivity index (χ1) is 12.8. The largest absolute Gasteiger partial charge is 0.349 e. The van der Waals surface area contributed by atoms with Gasteiger partial charge in [-0.3, -0.25) is 9.89 Å². The van der Waals surface area contributed by atoms with Gasteiger partial charge in [-0.2, -0.15) is 5.10 Å². The van der Waals surface area contributed by atoms with Crippen LogP contribution < -0.4 is 5.32 Å². The van der Waals surface area contributed by atoms with E-state index in [0.717, 1.165) is 47.9 Å². The maximum Gasteiger partial charge on any atom is 0.251 e. The molecule has 0 bridgehead atoms. The van der Waals surface area contributed by atoms with Gasteiger partial charge in [-0.25, -0.2) is 0 Å². The maximum atomic E-state index is 12.7. The Labute approximate surface area is 154 Å². The molecule has 4 heteroatoms. The first kappa shape index (κ1) is 16.8. The number of H-pyrrole nitrogens is 1. The summed E-state index contributed by atoms with van der Waals surface area (Å²) < 4.78 is 0. The molecule has 134 valence electrons. The number of nitrogens with one attached hydrogen (secondary N) is 2. The van der Waals surface area contributed by atoms with E-state index in [4.69, 9.17) is 0 Å². The molecule has 1 saturated carbocycles. The van der Waals surface area contributed by atoms with Crippen molar-refractivity contribution in [2.24, 2.45) is 0 Å². The molecule has 0 saturated heterocycles. The molecule has 1 fully saturated rings. The lowest BCUT2D eigenvalue weighted by atomic mass is 9.95. The quantitative estimate of drug-likeness (QED) is 0.828. The van der Waals surface area contributed by atoms with Crippen molar-refractivity contribution in [1.82, 2.24) is 15.5 Å². The van der Waals surface area contributed by atoms with E-state index in [1.807, 2.05) is 18.2 Å². The third-order valence-corrected chi connectivity index (χ3v) is 5.25. The van der Waals surface area contributed by atoms with Crippen LogP contribution in [0.15, 0.2) is 48.6 Å². The molecule has 26 heavy (non-hydrogen) atoms. The summed E-state index contributed by atoms with van der Waals surface area (Å²) >= 11 is 0. The van der Waals surface area contributed by atoms with E-state index < -0.39 is 0 Å². The Bertz CT molecular complexity index is 882. The van der Waals surface area contributed by atoms with Crippen LogP contribution in [0.1, 0.15) is 61.0 Å². The lowest BCUT2D eigenvalue weighted by molar-refractivity contribution is 0.0928. The van der Waals surface area contributed by atoms with Crippen molar-refractivity contribution in [1.29, 1.82) is 0 Å². The van der Waals surface area contributed by atoms with E-state index in [1.54, 1.807) is 0 Å². The number of aromatic nitrogens is 2. The number of allylic oxidation sites excluding steroid dienone is 6. The number of aromatic amines is 1. The van der Waals surface area contributed by atoms with Crippen molar-refractivity contribution >= 4 is 22.4 Å². The number of benzene rings is 1. The molecule has 2 aromatic rings. The minimum Gasteiger partial charge on any atom is -0.349 e. The van der Waals surface area contributed by atoms with E-state index in [0.29, 0.717) is 11.6 Å². The van der Waals surface area contributed by atoms with Crippen LogP contribution in [-0.2, 0) is 0 Å². The minimum atomic E-state index is 0.0213. The van der Waals surface area contributed by atoms with Crippen molar-refractivity contribution in [3.63, 3.8) is 0 Å². The molecule has 4 nitrogen and oxygen atoms in total. The van der Waals surface area contributed by atoms with Crippen molar-refractivity contribution in [3.8, 4) is 0 Å². The van der Waals surface area contributed by atoms with Crippen LogP contribution in [0.5, 0.6) is 0 Å². The summed E-state index contributed by atoms with van der Waals surface area (Å²) in [6, 6.07) is 6.11. The van der Waals surface area contributed by atoms with Crippen molar-refractivity contribution < 1.29 is 4.79 Å². The predicted octanol–water partition coefficient (Wildman–Crippen LogP) is 4.92. The summed E-state index contributed by atoms with van der Waals surface area (Å²) in [6.07, 6.45) is 18.6. The second kappa shape index (κ2) is 7.73. The summed E-state index contributed by atoms with van der Waals surface area (Å²) in [5.74, 6) is 0.0213. The van der Waals surface area contributed by atoms with Gasteiger partial charge in [-0.05, 0) is 43.9 Å². The second-order valence-corrected chi connectivity index (χ2v) is 7.17. The van der Waals surface area contributed by atoms with E-state index in [2.05, 4.69) is 45.9 Å². The number of carbonyl (C=O) groups is 1. The number of fused-ring (bicyclic) bond motifs is 1. The predicted molar refractivity (Wildman–Crippen MR) is 106 cm³/mol. The summed E-state index contributed by atoms with van der Waals surface area (Å²) in [5.41, 5.74) is 3.62. The summed E-state index contributed by atoms with van der Waals surface area (Å²) in [4.78, 5) is 12.7. The van der Waals surface area contributed by atoms with Crippen LogP contribution in [0.4, 0.5) is 0 Å². The topological polar surface area (TPSA) is 57.8 Å². The van der Waals surface area contributed by atoms with E-state index in [9.17, 15) is 4.79 Å². The second-order valence-electron chi connectivity index (χ2n) is 7.17. The average molecular weight is 347 g/mol. The zero-order valence-corrected chi connectivity index (χ0v) is 15.0. The van der Waals surface area contributed by atoms with Crippen LogP contribution in [0.25, 0.3) is 16.5 Å². The lowest BCUT2D eigenvalue weighted by Gasteiger charge is -2.22. The van der Waals surface area contributed by atoms with Gasteiger partial charge in [0.25, 0.3) is 5.91 Å². The smallest absolute Gasteiger partial charge is 0.251 e. The Kier molecular flexibility index (Phi) is 5.00. The highest BCUT2D eigenvalue weighted by atomic mass is 16.1. The number of amides is 1. The van der Waals surface area contributed by atoms with Gasteiger partial charge in [0, 0.05) is 22.6 Å². The molecule has 1 amide bonds. The van der Waals surface area contributed by atoms with Crippen molar-refractivity contribution in [2.45, 2.75) is 51.0 Å². The molecule has 0 aliphatic heterocycles. The van der Waals surface area contributed by atoms with Crippen molar-refractivity contribution in [2.75, 3.05) is 0 Å². The Balaban J connectivity index is 1.62. The molecular weight excluding hydrogens is 322 g/mol. The average Bonchev–Trinajstić information content (AvgIpc) is 3.05. The van der Waals surface area contributed by atoms with Gasteiger partial charge >= 0.3 is 0 Å². The molecule has 2 N–H and O–H groups in total. The van der Waals surface area contributed by atoms with E-state index in [1.165, 1.54) is 19.3 Å². The monoisotopic (exact) mass is 347 g/mol. The Morgan fingerprint density at radius 1 is 1.12 bits per heavy atom. The van der Waals surface area contributed by atoms with Crippen LogP contribution >= 0.6 is 0 Å². The normalized spacial score (nSPS) is 19.6. The standard InChI is InChI=1S/C22H25N3O/c26-22(23-18-11-7-4-8-12-18)17-13-14-20-19(15-17)21(25-24-20)16-9-5-2-1-3-6-10-16/h2,5-6,9-10,13-15,18H,1,3-4,7-8,11-12H2,(H,23,26)(H,24,25)/b5-2-,10-6?,16-9?. The van der Waals surface area contributed by atoms with Gasteiger partial charge in [-0.1, -0.05) is 49.6 Å². The Hall–Kier alpha value is -2.62. The maximum absolute atomic E-state index is 12.7. The van der Waals surface area contributed by atoms with Gasteiger partial charge < -0.3 is 5.32 Å². The van der Waals surface area contributed by atoms with Gasteiger partial charge in [0.05, 0.1) is 11.2 Å². The van der Waals surface area contributed by atoms with E-state index in [-0.39, 0.29) is 5.91 Å². The van der Waals surface area contributed by atoms with Gasteiger partial charge in [0.1, 0.15) is 0 Å². The molecule has 2 aliphatic carbocycles. The number of rotatable bonds is 3. The van der Waals surface area contributed by atoms with Crippen LogP contribution in [0.3, 0.4) is 0 Å². The number of hydrogen-bond donors (Lipinski definition) is 2. The third kappa shape index (κ3) is 3.64. The molecule has 2 aliphatic rings. The molecular formula is C22H25N3O. The molecule has 0 spiro atoms. The fourth-order valence-electron chi connectivity index (χ4n) is 3.78. The Morgan fingerprint density at radius 3 is 2.85 bits per heavy atom. The fourth-order valence-corrected chi connectivity index (χ4v) is 3.78. The molecule has 1 heterocycles. The number of carbonyl (C=O) groups excluding carboxylic acids is 1. The molecule has 0 atom stereocenters. The fraction of sp³-hybridized carbons (Fsp3) is 0.364. The molecule has 4 rings (SSSR count). The van der Waals surface area contributed by atoms with E-state index >= 15 is 0 Å². The summed E-state index contributed by atoms with van der Waals surface area (Å²) in [7, 11) is 0. The number of nitrogens with zero attached hydrogens (tertiary/aromatic N) is 1. The SMILES string of the molecule is O=C(NC1CCCCC1)c1ccc2[nH]nc(C3=C/C=C\CCC=C3)c2c1. The Morgan fingerprint density at radius 2 is 1.96 bits per heavy atom. The highest BCUT2D eigenvalue weighted by molar-refractivity contribution is 6.01. The number of hydrogen-bond acceptors (Lipinski definition) is 2. The third-order valence-electron chi connectivity index (χ3n) is 5.25. The molecule has 0 unspecified atom stereocenters. The van der Waals surface area contributed by atoms with Gasteiger partial charge in [0.15, 0.2) is 0 Å². The van der Waals surface area contributed by atoms with Gasteiger partial charge in [0.2, 0.25) is 0 Å². The van der Waals surface area contributed by atoms with Crippen LogP contribution in [-0.4, -0.2) is 22.1 Å². The first-order valence-electron chi connectivity index (χ1n) is 9.64. The molecule has 0 radical (unpaired) electrons. The van der Waals surface area contributed by atoms with Crippen molar-refractivity contribution in [3.05, 3.63) is 59.8 Å². The molecule has 1 aromatic heterocycles. The lowest BCUT2D eigenvalue weighted by Crippen LogP contribution is -2.36. The van der Waals surface area contributed by atoms with Gasteiger partial charge in [-0.15, -0.1) is 0 Å². The first-order valence-corrected chi connectivity index (χ1v) is 9.64. The highest BCUT2D eigenvalue weighted by Crippen LogP contribution is 2.26. The zero-order valence-electron chi connectivity index (χ0n) is 15.0. The highest BCUT2D eigenvalue weighted by Gasteiger charge is 2.18. The summed E-state index contributed by atoms with van der Waals surface area (Å²) in [6.45, 7) is 0. The minimum absolute atomic E-state index is 0.0213. The van der Waals surface area contributed by atoms with Crippen LogP contribution in [0.2, 0.25) is 0 Å². The summed E-state index contributed by atoms with van der Waals surface area (Å²) in [5, 5.41) is 11.8. The van der Waals surface area contributed by atoms with Crippen LogP contribution in [0, 0.1) is 0 Å². The molecule has 1 aromatic carbocycles.